The van der Waals surface area contributed by atoms with Gasteiger partial charge in [-0.05, 0) is 54.3 Å². The summed E-state index contributed by atoms with van der Waals surface area (Å²) in [4.78, 5) is 9.70. The van der Waals surface area contributed by atoms with Gasteiger partial charge in [0.05, 0.1) is 23.8 Å². The van der Waals surface area contributed by atoms with Crippen LogP contribution in [0.15, 0.2) is 46.8 Å². The highest BCUT2D eigenvalue weighted by molar-refractivity contribution is 7.91. The average Bonchev–Trinajstić information content (AvgIpc) is 3.44. The highest BCUT2D eigenvalue weighted by Crippen LogP contribution is 2.33. The molecule has 0 amide bonds. The summed E-state index contributed by atoms with van der Waals surface area (Å²) in [5, 5.41) is 3.23. The molecular weight excluding hydrogens is 420 g/mol. The van der Waals surface area contributed by atoms with Gasteiger partial charge in [-0.15, -0.1) is 11.3 Å². The molecule has 0 aliphatic carbocycles. The van der Waals surface area contributed by atoms with Crippen LogP contribution in [0.4, 0.5) is 11.6 Å². The number of piperidine rings is 1. The van der Waals surface area contributed by atoms with Gasteiger partial charge in [0.25, 0.3) is 10.0 Å². The van der Waals surface area contributed by atoms with Crippen molar-refractivity contribution in [1.82, 2.24) is 14.3 Å². The second kappa shape index (κ2) is 8.07. The number of anilines is 2. The summed E-state index contributed by atoms with van der Waals surface area (Å²) in [6.45, 7) is 2.48. The van der Waals surface area contributed by atoms with Crippen molar-refractivity contribution in [2.45, 2.75) is 36.7 Å². The first-order valence-corrected chi connectivity index (χ1v) is 12.3. The first-order chi connectivity index (χ1) is 14.6. The third-order valence-electron chi connectivity index (χ3n) is 5.38. The number of rotatable bonds is 5. The second-order valence-corrected chi connectivity index (χ2v) is 10.7. The van der Waals surface area contributed by atoms with Gasteiger partial charge in [0, 0.05) is 25.0 Å². The van der Waals surface area contributed by atoms with Crippen LogP contribution in [0.2, 0.25) is 0 Å². The number of nitrogens with zero attached hydrogens (tertiary/aromatic N) is 3. The Hall–Kier alpha value is -2.33. The van der Waals surface area contributed by atoms with Crippen LogP contribution in [-0.2, 0) is 28.0 Å². The molecular formula is C21H22N4O3S2. The Morgan fingerprint density at radius 2 is 1.83 bits per heavy atom. The quantitative estimate of drug-likeness (QED) is 0.639. The maximum Gasteiger partial charge on any atom is 0.252 e. The summed E-state index contributed by atoms with van der Waals surface area (Å²) in [5.41, 5.74) is 3.97. The first-order valence-electron chi connectivity index (χ1n) is 9.99. The van der Waals surface area contributed by atoms with Crippen molar-refractivity contribution in [3.63, 3.8) is 0 Å². The van der Waals surface area contributed by atoms with Crippen LogP contribution in [0.3, 0.4) is 0 Å². The van der Waals surface area contributed by atoms with E-state index in [9.17, 15) is 8.42 Å². The molecule has 0 radical (unpaired) electrons. The normalized spacial score (nSPS) is 17.1. The molecule has 0 bridgehead atoms. The van der Waals surface area contributed by atoms with Crippen molar-refractivity contribution in [2.24, 2.45) is 0 Å². The van der Waals surface area contributed by atoms with Crippen LogP contribution >= 0.6 is 11.3 Å². The highest BCUT2D eigenvalue weighted by Gasteiger charge is 2.27. The van der Waals surface area contributed by atoms with Gasteiger partial charge in [-0.2, -0.15) is 4.31 Å². The molecule has 2 aliphatic rings. The zero-order valence-corrected chi connectivity index (χ0v) is 18.0. The SMILES string of the molecule is O=S(=O)(c1ccc(-c2ccnc(Nc3ccc4c(c3)COC4)n2)s1)N1CCCCC1. The van der Waals surface area contributed by atoms with Crippen LogP contribution in [0, 0.1) is 0 Å². The number of hydrogen-bond donors (Lipinski definition) is 1. The standard InChI is InChI=1S/C21H22N4O3S2/c26-30(27,25-10-2-1-3-11-25)20-7-6-19(29-20)18-8-9-22-21(24-18)23-17-5-4-15-13-28-14-16(15)12-17/h4-9,12H,1-3,10-11,13-14H2,(H,22,23,24). The number of fused-ring (bicyclic) bond motifs is 1. The van der Waals surface area contributed by atoms with E-state index < -0.39 is 10.0 Å². The van der Waals surface area contributed by atoms with Gasteiger partial charge in [0.15, 0.2) is 0 Å². The predicted molar refractivity (Wildman–Crippen MR) is 116 cm³/mol. The molecule has 2 aliphatic heterocycles. The minimum Gasteiger partial charge on any atom is -0.372 e. The lowest BCUT2D eigenvalue weighted by atomic mass is 10.1. The van der Waals surface area contributed by atoms with Gasteiger partial charge in [-0.3, -0.25) is 0 Å². The van der Waals surface area contributed by atoms with Crippen molar-refractivity contribution < 1.29 is 13.2 Å². The zero-order chi connectivity index (χ0) is 20.6. The Morgan fingerprint density at radius 3 is 2.70 bits per heavy atom. The molecule has 4 heterocycles. The molecule has 0 saturated carbocycles. The molecule has 1 aromatic carbocycles. The van der Waals surface area contributed by atoms with Crippen molar-refractivity contribution in [2.75, 3.05) is 18.4 Å². The molecule has 5 rings (SSSR count). The topological polar surface area (TPSA) is 84.4 Å². The molecule has 0 spiro atoms. The van der Waals surface area contributed by atoms with Crippen LogP contribution < -0.4 is 5.32 Å². The average molecular weight is 443 g/mol. The molecule has 1 N–H and O–H groups in total. The Balaban J connectivity index is 1.37. The number of benzene rings is 1. The fourth-order valence-corrected chi connectivity index (χ4v) is 6.71. The Morgan fingerprint density at radius 1 is 1.00 bits per heavy atom. The van der Waals surface area contributed by atoms with E-state index in [2.05, 4.69) is 15.3 Å². The van der Waals surface area contributed by atoms with Gasteiger partial charge in [0.2, 0.25) is 5.95 Å². The smallest absolute Gasteiger partial charge is 0.252 e. The number of thiophene rings is 1. The molecule has 1 saturated heterocycles. The Labute approximate surface area is 179 Å². The maximum absolute atomic E-state index is 12.9. The largest absolute Gasteiger partial charge is 0.372 e. The number of aromatic nitrogens is 2. The maximum atomic E-state index is 12.9. The molecule has 156 valence electrons. The van der Waals surface area contributed by atoms with Crippen LogP contribution in [0.5, 0.6) is 0 Å². The van der Waals surface area contributed by atoms with Crippen molar-refractivity contribution in [1.29, 1.82) is 0 Å². The van der Waals surface area contributed by atoms with E-state index in [1.165, 1.54) is 22.5 Å². The monoisotopic (exact) mass is 442 g/mol. The van der Waals surface area contributed by atoms with Gasteiger partial charge in [-0.1, -0.05) is 12.5 Å². The summed E-state index contributed by atoms with van der Waals surface area (Å²) < 4.78 is 33.2. The van der Waals surface area contributed by atoms with Gasteiger partial charge in [-0.25, -0.2) is 18.4 Å². The van der Waals surface area contributed by atoms with Gasteiger partial charge < -0.3 is 10.1 Å². The van der Waals surface area contributed by atoms with E-state index >= 15 is 0 Å². The lowest BCUT2D eigenvalue weighted by Crippen LogP contribution is -2.35. The van der Waals surface area contributed by atoms with Crippen LogP contribution in [0.25, 0.3) is 10.6 Å². The lowest BCUT2D eigenvalue weighted by Gasteiger charge is -2.25. The molecule has 0 atom stereocenters. The van der Waals surface area contributed by atoms with Crippen molar-refractivity contribution >= 4 is 33.0 Å². The van der Waals surface area contributed by atoms with E-state index in [0.29, 0.717) is 42.2 Å². The molecule has 9 heteroatoms. The molecule has 1 fully saturated rings. The van der Waals surface area contributed by atoms with Crippen LogP contribution in [0.1, 0.15) is 30.4 Å². The number of ether oxygens (including phenoxy) is 1. The summed E-state index contributed by atoms with van der Waals surface area (Å²) in [6, 6.07) is 11.4. The first kappa shape index (κ1) is 19.6. The third kappa shape index (κ3) is 3.85. The zero-order valence-electron chi connectivity index (χ0n) is 16.4. The fourth-order valence-electron chi connectivity index (χ4n) is 3.76. The van der Waals surface area contributed by atoms with E-state index in [1.54, 1.807) is 22.6 Å². The van der Waals surface area contributed by atoms with Gasteiger partial charge in [0.1, 0.15) is 4.21 Å². The summed E-state index contributed by atoms with van der Waals surface area (Å²) in [6.07, 6.45) is 4.62. The molecule has 3 aromatic rings. The minimum absolute atomic E-state index is 0.367. The predicted octanol–water partition coefficient (Wildman–Crippen LogP) is 4.15. The van der Waals surface area contributed by atoms with Gasteiger partial charge >= 0.3 is 0 Å². The fraction of sp³-hybridized carbons (Fsp3) is 0.333. The van der Waals surface area contributed by atoms with E-state index in [-0.39, 0.29) is 0 Å². The van der Waals surface area contributed by atoms with Crippen molar-refractivity contribution in [3.05, 3.63) is 53.7 Å². The number of hydrogen-bond acceptors (Lipinski definition) is 7. The highest BCUT2D eigenvalue weighted by atomic mass is 32.2. The van der Waals surface area contributed by atoms with Crippen LogP contribution in [-0.4, -0.2) is 35.8 Å². The molecule has 30 heavy (non-hydrogen) atoms. The lowest BCUT2D eigenvalue weighted by molar-refractivity contribution is 0.134. The third-order valence-corrected chi connectivity index (χ3v) is 8.85. The summed E-state index contributed by atoms with van der Waals surface area (Å²) in [5.74, 6) is 0.472. The van der Waals surface area contributed by atoms with E-state index in [4.69, 9.17) is 4.74 Å². The molecule has 7 nitrogen and oxygen atoms in total. The van der Waals surface area contributed by atoms with E-state index in [0.717, 1.165) is 29.8 Å². The Bertz CT molecular complexity index is 1170. The minimum atomic E-state index is -3.43. The second-order valence-electron chi connectivity index (χ2n) is 7.45. The summed E-state index contributed by atoms with van der Waals surface area (Å²) >= 11 is 1.25. The van der Waals surface area contributed by atoms with Crippen molar-refractivity contribution in [3.8, 4) is 10.6 Å². The molecule has 0 unspecified atom stereocenters. The number of nitrogens with one attached hydrogen (secondary N) is 1. The molecule has 2 aromatic heterocycles. The van der Waals surface area contributed by atoms with E-state index in [1.807, 2.05) is 24.3 Å². The number of sulfonamides is 1. The Kier molecular flexibility index (Phi) is 5.28. The summed E-state index contributed by atoms with van der Waals surface area (Å²) in [7, 11) is -3.43.